The Balaban J connectivity index is 2.07. The summed E-state index contributed by atoms with van der Waals surface area (Å²) in [4.78, 5) is 14.3. The average Bonchev–Trinajstić information content (AvgIpc) is 2.97. The number of nitrogens with zero attached hydrogens (tertiary/aromatic N) is 3. The van der Waals surface area contributed by atoms with Gasteiger partial charge in [-0.1, -0.05) is 0 Å². The van der Waals surface area contributed by atoms with E-state index in [1.54, 1.807) is 6.20 Å². The summed E-state index contributed by atoms with van der Waals surface area (Å²) in [5.41, 5.74) is 0.616. The van der Waals surface area contributed by atoms with Crippen LogP contribution in [-0.4, -0.2) is 54.1 Å². The maximum absolute atomic E-state index is 12.3. The van der Waals surface area contributed by atoms with E-state index in [0.717, 1.165) is 31.7 Å². The lowest BCUT2D eigenvalue weighted by Gasteiger charge is -2.21. The van der Waals surface area contributed by atoms with E-state index in [1.807, 2.05) is 19.0 Å². The molecule has 1 aliphatic heterocycles. The Labute approximate surface area is 133 Å². The molecule has 2 atom stereocenters. The van der Waals surface area contributed by atoms with Gasteiger partial charge >= 0.3 is 0 Å². The fourth-order valence-corrected chi connectivity index (χ4v) is 2.78. The number of nitrogens with one attached hydrogen (secondary N) is 1. The van der Waals surface area contributed by atoms with Gasteiger partial charge < -0.3 is 15.0 Å². The number of anilines is 1. The Morgan fingerprint density at radius 1 is 1.62 bits per heavy atom. The van der Waals surface area contributed by atoms with Crippen molar-refractivity contribution in [2.45, 2.75) is 38.5 Å². The first-order valence-electron chi connectivity index (χ1n) is 7.27. The van der Waals surface area contributed by atoms with Crippen LogP contribution in [0.1, 0.15) is 19.8 Å². The Hall–Kier alpha value is -0.920. The van der Waals surface area contributed by atoms with Gasteiger partial charge in [0.05, 0.1) is 24.5 Å². The van der Waals surface area contributed by atoms with E-state index < -0.39 is 0 Å². The van der Waals surface area contributed by atoms with Crippen molar-refractivity contribution in [1.29, 1.82) is 0 Å². The van der Waals surface area contributed by atoms with Crippen molar-refractivity contribution in [3.63, 3.8) is 0 Å². The van der Waals surface area contributed by atoms with Gasteiger partial charge in [-0.15, -0.1) is 0 Å². The first-order valence-corrected chi connectivity index (χ1v) is 8.07. The van der Waals surface area contributed by atoms with Crippen molar-refractivity contribution < 1.29 is 4.74 Å². The average molecular weight is 359 g/mol. The van der Waals surface area contributed by atoms with Crippen LogP contribution in [0.5, 0.6) is 0 Å². The van der Waals surface area contributed by atoms with Gasteiger partial charge in [0.1, 0.15) is 4.47 Å². The molecule has 1 saturated heterocycles. The van der Waals surface area contributed by atoms with Gasteiger partial charge in [-0.05, 0) is 49.8 Å². The Bertz CT molecular complexity index is 526. The molecule has 0 saturated carbocycles. The molecule has 0 amide bonds. The van der Waals surface area contributed by atoms with Crippen LogP contribution in [0.2, 0.25) is 0 Å². The number of hydrogen-bond donors (Lipinski definition) is 1. The normalized spacial score (nSPS) is 20.0. The molecule has 0 bridgehead atoms. The molecule has 2 heterocycles. The maximum Gasteiger partial charge on any atom is 0.283 e. The molecule has 118 valence electrons. The molecule has 6 nitrogen and oxygen atoms in total. The molecule has 2 rings (SSSR count). The first kappa shape index (κ1) is 16.5. The first-order chi connectivity index (χ1) is 9.99. The number of likely N-dealkylation sites (N-methyl/N-ethyl adjacent to an activating group) is 1. The molecule has 1 aromatic rings. The zero-order chi connectivity index (χ0) is 15.4. The number of aromatic nitrogens is 2. The van der Waals surface area contributed by atoms with Gasteiger partial charge in [0.2, 0.25) is 0 Å². The molecular weight excluding hydrogens is 336 g/mol. The Morgan fingerprint density at radius 3 is 3.00 bits per heavy atom. The van der Waals surface area contributed by atoms with Crippen molar-refractivity contribution in [1.82, 2.24) is 14.7 Å². The van der Waals surface area contributed by atoms with Crippen molar-refractivity contribution in [2.75, 3.05) is 32.6 Å². The molecule has 0 radical (unpaired) electrons. The minimum Gasteiger partial charge on any atom is -0.378 e. The van der Waals surface area contributed by atoms with E-state index in [0.29, 0.717) is 11.0 Å². The standard InChI is InChI=1S/C14H23BrN4O2/c1-10(12-5-4-8-21-12)17-11-9-16-19(7-6-18(2)3)14(20)13(11)15/h9-10,12,17H,4-8H2,1-3H3. The minimum atomic E-state index is -0.110. The van der Waals surface area contributed by atoms with Gasteiger partial charge in [-0.2, -0.15) is 5.10 Å². The van der Waals surface area contributed by atoms with Gasteiger partial charge in [0.25, 0.3) is 5.56 Å². The van der Waals surface area contributed by atoms with Crippen molar-refractivity contribution >= 4 is 21.6 Å². The van der Waals surface area contributed by atoms with Crippen LogP contribution in [0.15, 0.2) is 15.5 Å². The van der Waals surface area contributed by atoms with E-state index in [2.05, 4.69) is 33.3 Å². The summed E-state index contributed by atoms with van der Waals surface area (Å²) in [5, 5.41) is 7.56. The van der Waals surface area contributed by atoms with E-state index in [9.17, 15) is 4.79 Å². The number of ether oxygens (including phenoxy) is 1. The van der Waals surface area contributed by atoms with Crippen LogP contribution in [0.4, 0.5) is 5.69 Å². The van der Waals surface area contributed by atoms with Gasteiger partial charge in [0, 0.05) is 19.2 Å². The largest absolute Gasteiger partial charge is 0.378 e. The molecule has 0 aromatic carbocycles. The van der Waals surface area contributed by atoms with Crippen LogP contribution in [0, 0.1) is 0 Å². The molecule has 7 heteroatoms. The maximum atomic E-state index is 12.3. The second-order valence-electron chi connectivity index (χ2n) is 5.69. The van der Waals surface area contributed by atoms with Crippen molar-refractivity contribution in [3.05, 3.63) is 21.0 Å². The summed E-state index contributed by atoms with van der Waals surface area (Å²) >= 11 is 3.38. The number of halogens is 1. The summed E-state index contributed by atoms with van der Waals surface area (Å²) in [6.07, 6.45) is 4.06. The van der Waals surface area contributed by atoms with Gasteiger partial charge in [-0.3, -0.25) is 4.79 Å². The highest BCUT2D eigenvalue weighted by Crippen LogP contribution is 2.22. The van der Waals surface area contributed by atoms with Gasteiger partial charge in [0.15, 0.2) is 0 Å². The topological polar surface area (TPSA) is 59.4 Å². The summed E-state index contributed by atoms with van der Waals surface area (Å²) in [6, 6.07) is 0.155. The second kappa shape index (κ2) is 7.38. The molecule has 21 heavy (non-hydrogen) atoms. The Morgan fingerprint density at radius 2 is 2.38 bits per heavy atom. The lowest BCUT2D eigenvalue weighted by atomic mass is 10.1. The number of rotatable bonds is 6. The molecule has 1 fully saturated rings. The third kappa shape index (κ3) is 4.28. The third-order valence-corrected chi connectivity index (χ3v) is 4.42. The smallest absolute Gasteiger partial charge is 0.283 e. The van der Waals surface area contributed by atoms with E-state index >= 15 is 0 Å². The van der Waals surface area contributed by atoms with Crippen LogP contribution < -0.4 is 10.9 Å². The van der Waals surface area contributed by atoms with Crippen molar-refractivity contribution in [2.24, 2.45) is 0 Å². The summed E-state index contributed by atoms with van der Waals surface area (Å²) < 4.78 is 7.67. The highest BCUT2D eigenvalue weighted by Gasteiger charge is 2.23. The van der Waals surface area contributed by atoms with Crippen LogP contribution >= 0.6 is 15.9 Å². The van der Waals surface area contributed by atoms with Crippen LogP contribution in [-0.2, 0) is 11.3 Å². The van der Waals surface area contributed by atoms with E-state index in [4.69, 9.17) is 4.74 Å². The minimum absolute atomic E-state index is 0.110. The summed E-state index contributed by atoms with van der Waals surface area (Å²) in [6.45, 7) is 4.24. The van der Waals surface area contributed by atoms with Crippen LogP contribution in [0.3, 0.4) is 0 Å². The molecule has 2 unspecified atom stereocenters. The highest BCUT2D eigenvalue weighted by atomic mass is 79.9. The van der Waals surface area contributed by atoms with E-state index in [1.165, 1.54) is 4.68 Å². The molecule has 1 aromatic heterocycles. The molecule has 0 aliphatic carbocycles. The summed E-state index contributed by atoms with van der Waals surface area (Å²) in [7, 11) is 3.94. The molecule has 1 aliphatic rings. The molecular formula is C14H23BrN4O2. The number of hydrogen-bond acceptors (Lipinski definition) is 5. The predicted molar refractivity (Wildman–Crippen MR) is 86.8 cm³/mol. The second-order valence-corrected chi connectivity index (χ2v) is 6.48. The SMILES string of the molecule is CC(Nc1cnn(CCN(C)C)c(=O)c1Br)C1CCCO1. The molecule has 1 N–H and O–H groups in total. The quantitative estimate of drug-likeness (QED) is 0.835. The fraction of sp³-hybridized carbons (Fsp3) is 0.714. The summed E-state index contributed by atoms with van der Waals surface area (Å²) in [5.74, 6) is 0. The Kier molecular flexibility index (Phi) is 5.78. The lowest BCUT2D eigenvalue weighted by molar-refractivity contribution is 0.0996. The highest BCUT2D eigenvalue weighted by molar-refractivity contribution is 9.10. The fourth-order valence-electron chi connectivity index (χ4n) is 2.35. The zero-order valence-corrected chi connectivity index (χ0v) is 14.4. The lowest BCUT2D eigenvalue weighted by Crippen LogP contribution is -2.33. The monoisotopic (exact) mass is 358 g/mol. The zero-order valence-electron chi connectivity index (χ0n) is 12.8. The predicted octanol–water partition coefficient (Wildman–Crippen LogP) is 1.55. The van der Waals surface area contributed by atoms with Crippen molar-refractivity contribution in [3.8, 4) is 0 Å². The van der Waals surface area contributed by atoms with Crippen LogP contribution in [0.25, 0.3) is 0 Å². The molecule has 0 spiro atoms. The third-order valence-electron chi connectivity index (χ3n) is 3.65. The van der Waals surface area contributed by atoms with E-state index in [-0.39, 0.29) is 17.7 Å². The van der Waals surface area contributed by atoms with Gasteiger partial charge in [-0.25, -0.2) is 4.68 Å².